The van der Waals surface area contributed by atoms with Gasteiger partial charge < -0.3 is 10.3 Å². The van der Waals surface area contributed by atoms with Crippen molar-refractivity contribution in [3.05, 3.63) is 58.6 Å². The molecule has 1 amide bonds. The number of nitro groups is 1. The van der Waals surface area contributed by atoms with Crippen molar-refractivity contribution in [1.29, 1.82) is 0 Å². The summed E-state index contributed by atoms with van der Waals surface area (Å²) in [5.41, 5.74) is 2.46. The van der Waals surface area contributed by atoms with Crippen molar-refractivity contribution in [3.8, 4) is 0 Å². The maximum absolute atomic E-state index is 12.4. The number of rotatable bonds is 5. The Morgan fingerprint density at radius 3 is 2.86 bits per heavy atom. The molecule has 0 radical (unpaired) electrons. The van der Waals surface area contributed by atoms with Crippen LogP contribution in [0.5, 0.6) is 0 Å². The van der Waals surface area contributed by atoms with Crippen LogP contribution in [0, 0.1) is 10.1 Å². The molecule has 0 unspecified atom stereocenters. The topological polar surface area (TPSA) is 127 Å². The molecule has 0 aliphatic rings. The Labute approximate surface area is 162 Å². The van der Waals surface area contributed by atoms with Gasteiger partial charge in [0.25, 0.3) is 5.69 Å². The summed E-state index contributed by atoms with van der Waals surface area (Å²) >= 11 is 1.16. The summed E-state index contributed by atoms with van der Waals surface area (Å²) in [5.74, 6) is -0.314. The predicted molar refractivity (Wildman–Crippen MR) is 106 cm³/mol. The molecule has 4 aromatic rings. The number of nitrogens with one attached hydrogen (secondary N) is 2. The van der Waals surface area contributed by atoms with Gasteiger partial charge in [0.2, 0.25) is 11.1 Å². The molecule has 0 saturated carbocycles. The average Bonchev–Trinajstić information content (AvgIpc) is 3.05. The molecular weight excluding hydrogens is 380 g/mol. The van der Waals surface area contributed by atoms with Crippen LogP contribution in [-0.4, -0.2) is 36.2 Å². The van der Waals surface area contributed by atoms with Gasteiger partial charge in [-0.1, -0.05) is 36.0 Å². The zero-order valence-electron chi connectivity index (χ0n) is 14.6. The summed E-state index contributed by atoms with van der Waals surface area (Å²) in [6.07, 6.45) is 0. The fourth-order valence-electron chi connectivity index (χ4n) is 2.71. The molecule has 2 N–H and O–H groups in total. The number of hydrogen-bond donors (Lipinski definition) is 2. The van der Waals surface area contributed by atoms with Crippen LogP contribution in [0.3, 0.4) is 0 Å². The number of fused-ring (bicyclic) bond motifs is 3. The molecule has 0 fully saturated rings. The highest BCUT2D eigenvalue weighted by molar-refractivity contribution is 8.00. The number of benzene rings is 2. The Morgan fingerprint density at radius 1 is 1.21 bits per heavy atom. The average molecular weight is 394 g/mol. The second-order valence-corrected chi connectivity index (χ2v) is 7.33. The van der Waals surface area contributed by atoms with Gasteiger partial charge in [-0.25, -0.2) is 4.98 Å². The summed E-state index contributed by atoms with van der Waals surface area (Å²) in [6, 6.07) is 13.5. The van der Waals surface area contributed by atoms with E-state index in [0.29, 0.717) is 22.0 Å². The van der Waals surface area contributed by atoms with Crippen LogP contribution >= 0.6 is 11.8 Å². The van der Waals surface area contributed by atoms with Crippen LogP contribution in [-0.2, 0) is 4.79 Å². The molecule has 9 nitrogen and oxygen atoms in total. The Kier molecular flexibility index (Phi) is 4.62. The van der Waals surface area contributed by atoms with Gasteiger partial charge in [-0.2, -0.15) is 0 Å². The zero-order chi connectivity index (χ0) is 19.7. The smallest absolute Gasteiger partial charge is 0.271 e. The number of aromatic amines is 1. The SMILES string of the molecule is C[C@H](Sc1nnc2c(n1)[nH]c1ccccc12)C(=O)Nc1cccc([N+](=O)[O-])c1. The van der Waals surface area contributed by atoms with E-state index in [1.165, 1.54) is 18.2 Å². The largest absolute Gasteiger partial charge is 0.338 e. The van der Waals surface area contributed by atoms with E-state index in [9.17, 15) is 14.9 Å². The van der Waals surface area contributed by atoms with Crippen molar-refractivity contribution >= 4 is 51.1 Å². The van der Waals surface area contributed by atoms with Gasteiger partial charge in [0, 0.05) is 28.7 Å². The first-order valence-corrected chi connectivity index (χ1v) is 9.22. The number of anilines is 1. The van der Waals surface area contributed by atoms with Crippen LogP contribution in [0.4, 0.5) is 11.4 Å². The van der Waals surface area contributed by atoms with E-state index >= 15 is 0 Å². The number of H-pyrrole nitrogens is 1. The Balaban J connectivity index is 1.50. The Hall–Kier alpha value is -3.53. The minimum absolute atomic E-state index is 0.0881. The summed E-state index contributed by atoms with van der Waals surface area (Å²) in [4.78, 5) is 30.4. The van der Waals surface area contributed by atoms with Gasteiger partial charge in [-0.3, -0.25) is 14.9 Å². The van der Waals surface area contributed by atoms with E-state index in [4.69, 9.17) is 0 Å². The number of nitro benzene ring substituents is 1. The van der Waals surface area contributed by atoms with Crippen molar-refractivity contribution in [2.45, 2.75) is 17.3 Å². The number of para-hydroxylation sites is 1. The first-order valence-electron chi connectivity index (χ1n) is 8.34. The van der Waals surface area contributed by atoms with Gasteiger partial charge in [0.15, 0.2) is 5.65 Å². The number of carbonyl (C=O) groups is 1. The molecule has 140 valence electrons. The van der Waals surface area contributed by atoms with Gasteiger partial charge >= 0.3 is 0 Å². The number of thioether (sulfide) groups is 1. The minimum atomic E-state index is -0.525. The van der Waals surface area contributed by atoms with Crippen molar-refractivity contribution < 1.29 is 9.72 Å². The van der Waals surface area contributed by atoms with E-state index in [2.05, 4.69) is 25.5 Å². The first kappa shape index (κ1) is 17.9. The number of carbonyl (C=O) groups excluding carboxylic acids is 1. The van der Waals surface area contributed by atoms with Crippen molar-refractivity contribution in [2.24, 2.45) is 0 Å². The molecule has 0 spiro atoms. The number of nitrogens with zero attached hydrogens (tertiary/aromatic N) is 4. The molecule has 28 heavy (non-hydrogen) atoms. The number of hydrogen-bond acceptors (Lipinski definition) is 7. The van der Waals surface area contributed by atoms with Gasteiger partial charge in [0.05, 0.1) is 10.2 Å². The molecular formula is C18H14N6O3S. The predicted octanol–water partition coefficient (Wildman–Crippen LogP) is 3.53. The molecule has 0 aliphatic carbocycles. The molecule has 2 aromatic carbocycles. The van der Waals surface area contributed by atoms with E-state index in [0.717, 1.165) is 22.7 Å². The molecule has 1 atom stereocenters. The Morgan fingerprint density at radius 2 is 2.04 bits per heavy atom. The molecule has 0 aliphatic heterocycles. The fraction of sp³-hybridized carbons (Fsp3) is 0.111. The third-order valence-corrected chi connectivity index (χ3v) is 5.03. The van der Waals surface area contributed by atoms with E-state index < -0.39 is 10.2 Å². The van der Waals surface area contributed by atoms with Crippen molar-refractivity contribution in [3.63, 3.8) is 0 Å². The van der Waals surface area contributed by atoms with Crippen LogP contribution in [0.1, 0.15) is 6.92 Å². The molecule has 0 saturated heterocycles. The van der Waals surface area contributed by atoms with Gasteiger partial charge in [-0.05, 0) is 19.1 Å². The fourth-order valence-corrected chi connectivity index (χ4v) is 3.42. The first-order chi connectivity index (χ1) is 13.5. The molecule has 0 bridgehead atoms. The van der Waals surface area contributed by atoms with Gasteiger partial charge in [0.1, 0.15) is 5.52 Å². The normalized spacial score (nSPS) is 12.2. The van der Waals surface area contributed by atoms with Gasteiger partial charge in [-0.15, -0.1) is 10.2 Å². The maximum atomic E-state index is 12.4. The monoisotopic (exact) mass is 394 g/mol. The highest BCUT2D eigenvalue weighted by atomic mass is 32.2. The van der Waals surface area contributed by atoms with Crippen LogP contribution in [0.2, 0.25) is 0 Å². The number of non-ortho nitro benzene ring substituents is 1. The highest BCUT2D eigenvalue weighted by Gasteiger charge is 2.18. The third-order valence-electron chi connectivity index (χ3n) is 4.08. The maximum Gasteiger partial charge on any atom is 0.271 e. The lowest BCUT2D eigenvalue weighted by atomic mass is 10.2. The van der Waals surface area contributed by atoms with E-state index in [-0.39, 0.29) is 11.6 Å². The second kappa shape index (κ2) is 7.24. The number of amides is 1. The van der Waals surface area contributed by atoms with E-state index in [1.807, 2.05) is 24.3 Å². The zero-order valence-corrected chi connectivity index (χ0v) is 15.4. The lowest BCUT2D eigenvalue weighted by molar-refractivity contribution is -0.384. The molecule has 2 aromatic heterocycles. The van der Waals surface area contributed by atoms with Crippen molar-refractivity contribution in [1.82, 2.24) is 20.2 Å². The summed E-state index contributed by atoms with van der Waals surface area (Å²) in [6.45, 7) is 1.70. The van der Waals surface area contributed by atoms with Crippen molar-refractivity contribution in [2.75, 3.05) is 5.32 Å². The summed E-state index contributed by atoms with van der Waals surface area (Å²) in [7, 11) is 0. The van der Waals surface area contributed by atoms with E-state index in [1.54, 1.807) is 13.0 Å². The third kappa shape index (κ3) is 3.49. The van der Waals surface area contributed by atoms with Crippen LogP contribution < -0.4 is 5.32 Å². The lowest BCUT2D eigenvalue weighted by Crippen LogP contribution is -2.22. The Bertz CT molecular complexity index is 1210. The second-order valence-electron chi connectivity index (χ2n) is 6.02. The standard InChI is InChI=1S/C18H14N6O3S/c1-10(17(25)19-11-5-4-6-12(9-11)24(26)27)28-18-21-16-15(22-23-18)13-7-2-3-8-14(13)20-16/h2-10H,1H3,(H,19,25)(H,20,21,23)/t10-/m0/s1. The number of aromatic nitrogens is 4. The molecule has 10 heteroatoms. The highest BCUT2D eigenvalue weighted by Crippen LogP contribution is 2.26. The van der Waals surface area contributed by atoms with Crippen LogP contribution in [0.25, 0.3) is 22.1 Å². The van der Waals surface area contributed by atoms with Crippen LogP contribution in [0.15, 0.2) is 53.7 Å². The molecule has 4 rings (SSSR count). The lowest BCUT2D eigenvalue weighted by Gasteiger charge is -2.10. The quantitative estimate of drug-likeness (QED) is 0.301. The summed E-state index contributed by atoms with van der Waals surface area (Å²) < 4.78 is 0. The molecule has 2 heterocycles. The minimum Gasteiger partial charge on any atom is -0.338 e. The summed E-state index contributed by atoms with van der Waals surface area (Å²) in [5, 5.41) is 22.6.